The van der Waals surface area contributed by atoms with Gasteiger partial charge in [-0.25, -0.2) is 4.98 Å². The van der Waals surface area contributed by atoms with Crippen LogP contribution in [0.5, 0.6) is 0 Å². The first-order valence-electron chi connectivity index (χ1n) is 6.96. The molecule has 1 unspecified atom stereocenters. The molecule has 0 spiro atoms. The van der Waals surface area contributed by atoms with E-state index in [1.54, 1.807) is 13.3 Å². The number of methoxy groups -OCH3 is 1. The van der Waals surface area contributed by atoms with Gasteiger partial charge in [0.25, 0.3) is 0 Å². The Labute approximate surface area is 119 Å². The number of ether oxygens (including phenoxy) is 1. The van der Waals surface area contributed by atoms with Crippen molar-refractivity contribution in [3.63, 3.8) is 0 Å². The highest BCUT2D eigenvalue weighted by atomic mass is 16.5. The summed E-state index contributed by atoms with van der Waals surface area (Å²) in [5, 5.41) is 2.80. The molecule has 20 heavy (non-hydrogen) atoms. The normalized spacial score (nSPS) is 16.2. The highest BCUT2D eigenvalue weighted by Gasteiger charge is 2.14. The molecule has 1 fully saturated rings. The van der Waals surface area contributed by atoms with Gasteiger partial charge in [-0.3, -0.25) is 4.79 Å². The van der Waals surface area contributed by atoms with Crippen molar-refractivity contribution in [2.24, 2.45) is 5.73 Å². The van der Waals surface area contributed by atoms with Crippen LogP contribution in [0.25, 0.3) is 0 Å². The van der Waals surface area contributed by atoms with E-state index in [1.807, 2.05) is 12.1 Å². The Hall–Kier alpha value is -1.66. The minimum Gasteiger partial charge on any atom is -0.380 e. The summed E-state index contributed by atoms with van der Waals surface area (Å²) in [6.45, 7) is 2.45. The topological polar surface area (TPSA) is 80.5 Å². The van der Waals surface area contributed by atoms with E-state index in [0.29, 0.717) is 12.2 Å². The Bertz CT molecular complexity index is 425. The van der Waals surface area contributed by atoms with Crippen LogP contribution in [0.2, 0.25) is 0 Å². The molecule has 3 N–H and O–H groups in total. The van der Waals surface area contributed by atoms with Gasteiger partial charge in [-0.2, -0.15) is 0 Å². The molecule has 1 aromatic heterocycles. The highest BCUT2D eigenvalue weighted by molar-refractivity contribution is 5.90. The minimum absolute atomic E-state index is 0.113. The van der Waals surface area contributed by atoms with Gasteiger partial charge >= 0.3 is 0 Å². The zero-order chi connectivity index (χ0) is 14.4. The Morgan fingerprint density at radius 3 is 2.80 bits per heavy atom. The molecule has 110 valence electrons. The molecule has 0 radical (unpaired) electrons. The van der Waals surface area contributed by atoms with E-state index in [1.165, 1.54) is 12.8 Å². The number of pyridine rings is 1. The summed E-state index contributed by atoms with van der Waals surface area (Å²) in [6, 6.07) is 3.82. The smallest absolute Gasteiger partial charge is 0.227 e. The molecule has 0 bridgehead atoms. The number of anilines is 2. The van der Waals surface area contributed by atoms with E-state index in [0.717, 1.165) is 18.9 Å². The van der Waals surface area contributed by atoms with Gasteiger partial charge in [-0.05, 0) is 25.0 Å². The van der Waals surface area contributed by atoms with E-state index in [4.69, 9.17) is 10.5 Å². The van der Waals surface area contributed by atoms with Crippen LogP contribution in [0.4, 0.5) is 11.5 Å². The predicted molar refractivity (Wildman–Crippen MR) is 78.8 cm³/mol. The molecule has 6 heteroatoms. The number of nitrogens with zero attached hydrogens (tertiary/aromatic N) is 2. The molecule has 2 heterocycles. The van der Waals surface area contributed by atoms with Crippen LogP contribution in [0.3, 0.4) is 0 Å². The fourth-order valence-electron chi connectivity index (χ4n) is 2.27. The molecule has 1 aromatic rings. The SMILES string of the molecule is COC(CN)CC(=O)Nc1ccc(N2CCCC2)nc1. The molecule has 1 atom stereocenters. The number of rotatable bonds is 6. The largest absolute Gasteiger partial charge is 0.380 e. The predicted octanol–water partition coefficient (Wildman–Crippen LogP) is 0.984. The summed E-state index contributed by atoms with van der Waals surface area (Å²) in [7, 11) is 1.55. The minimum atomic E-state index is -0.244. The lowest BCUT2D eigenvalue weighted by molar-refractivity contribution is -0.118. The van der Waals surface area contributed by atoms with E-state index >= 15 is 0 Å². The molecular weight excluding hydrogens is 256 g/mol. The maximum atomic E-state index is 11.8. The molecule has 0 aliphatic carbocycles. The lowest BCUT2D eigenvalue weighted by Crippen LogP contribution is -2.28. The van der Waals surface area contributed by atoms with Gasteiger partial charge in [0, 0.05) is 26.7 Å². The van der Waals surface area contributed by atoms with E-state index in [-0.39, 0.29) is 18.4 Å². The molecule has 1 saturated heterocycles. The summed E-state index contributed by atoms with van der Waals surface area (Å²) in [4.78, 5) is 18.4. The molecule has 1 aliphatic heterocycles. The number of carbonyl (C=O) groups excluding carboxylic acids is 1. The number of amides is 1. The molecular formula is C14H22N4O2. The fourth-order valence-corrected chi connectivity index (χ4v) is 2.27. The maximum Gasteiger partial charge on any atom is 0.227 e. The van der Waals surface area contributed by atoms with Crippen molar-refractivity contribution in [2.75, 3.05) is 37.0 Å². The highest BCUT2D eigenvalue weighted by Crippen LogP contribution is 2.19. The molecule has 0 aromatic carbocycles. The summed E-state index contributed by atoms with van der Waals surface area (Å²) in [5.41, 5.74) is 6.19. The first kappa shape index (κ1) is 14.7. The molecule has 0 saturated carbocycles. The van der Waals surface area contributed by atoms with Crippen molar-refractivity contribution in [1.82, 2.24) is 4.98 Å². The van der Waals surface area contributed by atoms with E-state index in [9.17, 15) is 4.79 Å². The molecule has 2 rings (SSSR count). The quantitative estimate of drug-likeness (QED) is 0.811. The number of aromatic nitrogens is 1. The number of hydrogen-bond acceptors (Lipinski definition) is 5. The summed E-state index contributed by atoms with van der Waals surface area (Å²) in [5.74, 6) is 0.857. The van der Waals surface area contributed by atoms with Crippen molar-refractivity contribution in [1.29, 1.82) is 0 Å². The van der Waals surface area contributed by atoms with Gasteiger partial charge in [-0.1, -0.05) is 0 Å². The Morgan fingerprint density at radius 2 is 2.25 bits per heavy atom. The van der Waals surface area contributed by atoms with Crippen LogP contribution in [-0.2, 0) is 9.53 Å². The average molecular weight is 278 g/mol. The van der Waals surface area contributed by atoms with Gasteiger partial charge in [0.05, 0.1) is 24.4 Å². The van der Waals surface area contributed by atoms with Crippen molar-refractivity contribution in [3.05, 3.63) is 18.3 Å². The Kier molecular flexibility index (Phi) is 5.31. The maximum absolute atomic E-state index is 11.8. The Balaban J connectivity index is 1.88. The fraction of sp³-hybridized carbons (Fsp3) is 0.571. The van der Waals surface area contributed by atoms with Crippen molar-refractivity contribution in [3.8, 4) is 0 Å². The van der Waals surface area contributed by atoms with Crippen LogP contribution >= 0.6 is 0 Å². The third-order valence-electron chi connectivity index (χ3n) is 3.47. The van der Waals surface area contributed by atoms with Gasteiger partial charge in [-0.15, -0.1) is 0 Å². The monoisotopic (exact) mass is 278 g/mol. The van der Waals surface area contributed by atoms with Crippen LogP contribution in [0, 0.1) is 0 Å². The average Bonchev–Trinajstić information content (AvgIpc) is 2.99. The van der Waals surface area contributed by atoms with Crippen molar-refractivity contribution in [2.45, 2.75) is 25.4 Å². The van der Waals surface area contributed by atoms with Crippen LogP contribution in [0.15, 0.2) is 18.3 Å². The zero-order valence-electron chi connectivity index (χ0n) is 11.8. The number of hydrogen-bond donors (Lipinski definition) is 2. The zero-order valence-corrected chi connectivity index (χ0v) is 11.8. The summed E-state index contributed by atoms with van der Waals surface area (Å²) >= 11 is 0. The van der Waals surface area contributed by atoms with Crippen molar-refractivity contribution < 1.29 is 9.53 Å². The van der Waals surface area contributed by atoms with Crippen molar-refractivity contribution >= 4 is 17.4 Å². The lowest BCUT2D eigenvalue weighted by Gasteiger charge is -2.16. The third-order valence-corrected chi connectivity index (χ3v) is 3.47. The second-order valence-electron chi connectivity index (χ2n) is 4.94. The second-order valence-corrected chi connectivity index (χ2v) is 4.94. The molecule has 6 nitrogen and oxygen atoms in total. The Morgan fingerprint density at radius 1 is 1.50 bits per heavy atom. The first-order chi connectivity index (χ1) is 9.72. The van der Waals surface area contributed by atoms with E-state index < -0.39 is 0 Å². The molecule has 1 aliphatic rings. The summed E-state index contributed by atoms with van der Waals surface area (Å²) < 4.78 is 5.09. The summed E-state index contributed by atoms with van der Waals surface area (Å²) in [6.07, 6.45) is 4.14. The van der Waals surface area contributed by atoms with E-state index in [2.05, 4.69) is 15.2 Å². The van der Waals surface area contributed by atoms with Crippen LogP contribution in [0.1, 0.15) is 19.3 Å². The van der Waals surface area contributed by atoms with Gasteiger partial charge in [0.2, 0.25) is 5.91 Å². The number of nitrogens with two attached hydrogens (primary N) is 1. The van der Waals surface area contributed by atoms with Crippen LogP contribution < -0.4 is 16.0 Å². The second kappa shape index (κ2) is 7.21. The number of nitrogens with one attached hydrogen (secondary N) is 1. The van der Waals surface area contributed by atoms with Crippen LogP contribution in [-0.4, -0.2) is 43.7 Å². The third kappa shape index (κ3) is 3.91. The first-order valence-corrected chi connectivity index (χ1v) is 6.96. The number of carbonyl (C=O) groups is 1. The lowest BCUT2D eigenvalue weighted by atomic mass is 10.2. The molecule has 1 amide bonds. The van der Waals surface area contributed by atoms with Gasteiger partial charge < -0.3 is 20.7 Å². The van der Waals surface area contributed by atoms with Gasteiger partial charge in [0.1, 0.15) is 5.82 Å². The van der Waals surface area contributed by atoms with Gasteiger partial charge in [0.15, 0.2) is 0 Å². The standard InChI is InChI=1S/C14H22N4O2/c1-20-12(9-15)8-14(19)17-11-4-5-13(16-10-11)18-6-2-3-7-18/h4-5,10,12H,2-3,6-9,15H2,1H3,(H,17,19).